The van der Waals surface area contributed by atoms with Crippen molar-refractivity contribution in [3.63, 3.8) is 0 Å². The average molecular weight is 365 g/mol. The molecule has 1 aromatic carbocycles. The smallest absolute Gasteiger partial charge is 0.311 e. The van der Waals surface area contributed by atoms with Crippen molar-refractivity contribution in [3.8, 4) is 17.2 Å². The fraction of sp³-hybridized carbons (Fsp3) is 0.556. The van der Waals surface area contributed by atoms with Crippen molar-refractivity contribution in [1.29, 1.82) is 0 Å². The maximum atomic E-state index is 13.1. The molecule has 0 bridgehead atoms. The van der Waals surface area contributed by atoms with E-state index in [4.69, 9.17) is 18.9 Å². The SMILES string of the molecule is COc1cc(OC)c(C(=O)N2C[C@H]3COCC[C@@]3(C(=O)O)C2)cc1OC. The minimum atomic E-state index is -0.947. The van der Waals surface area contributed by atoms with E-state index in [1.807, 2.05) is 0 Å². The number of hydrogen-bond donors (Lipinski definition) is 1. The Hall–Kier alpha value is -2.48. The second-order valence-corrected chi connectivity index (χ2v) is 6.58. The number of nitrogens with zero attached hydrogens (tertiary/aromatic N) is 1. The van der Waals surface area contributed by atoms with Crippen molar-refractivity contribution in [1.82, 2.24) is 4.90 Å². The van der Waals surface area contributed by atoms with Crippen LogP contribution < -0.4 is 14.2 Å². The number of rotatable bonds is 5. The molecular weight excluding hydrogens is 342 g/mol. The van der Waals surface area contributed by atoms with Crippen molar-refractivity contribution in [3.05, 3.63) is 17.7 Å². The highest BCUT2D eigenvalue weighted by Crippen LogP contribution is 2.44. The van der Waals surface area contributed by atoms with Crippen LogP contribution in [0.4, 0.5) is 0 Å². The van der Waals surface area contributed by atoms with Crippen LogP contribution in [0.2, 0.25) is 0 Å². The molecule has 26 heavy (non-hydrogen) atoms. The van der Waals surface area contributed by atoms with Gasteiger partial charge in [0.15, 0.2) is 11.5 Å². The molecule has 0 spiro atoms. The molecule has 2 aliphatic heterocycles. The van der Waals surface area contributed by atoms with Gasteiger partial charge in [-0.15, -0.1) is 0 Å². The lowest BCUT2D eigenvalue weighted by molar-refractivity contribution is -0.157. The molecule has 142 valence electrons. The van der Waals surface area contributed by atoms with E-state index in [0.717, 1.165) is 0 Å². The topological polar surface area (TPSA) is 94.5 Å². The molecule has 0 saturated carbocycles. The van der Waals surface area contributed by atoms with Gasteiger partial charge >= 0.3 is 5.97 Å². The zero-order valence-electron chi connectivity index (χ0n) is 15.1. The molecule has 1 N–H and O–H groups in total. The van der Waals surface area contributed by atoms with Crippen LogP contribution in [0.5, 0.6) is 17.2 Å². The molecule has 8 heteroatoms. The maximum absolute atomic E-state index is 13.1. The Morgan fingerprint density at radius 1 is 1.15 bits per heavy atom. The molecule has 0 radical (unpaired) electrons. The molecular formula is C18H23NO7. The Bertz CT molecular complexity index is 720. The van der Waals surface area contributed by atoms with E-state index in [2.05, 4.69) is 0 Å². The Morgan fingerprint density at radius 3 is 2.38 bits per heavy atom. The first-order valence-electron chi connectivity index (χ1n) is 8.37. The fourth-order valence-corrected chi connectivity index (χ4v) is 3.82. The number of carbonyl (C=O) groups is 2. The van der Waals surface area contributed by atoms with Gasteiger partial charge in [0.25, 0.3) is 5.91 Å². The second kappa shape index (κ2) is 7.03. The molecule has 2 saturated heterocycles. The molecule has 0 unspecified atom stereocenters. The van der Waals surface area contributed by atoms with Crippen LogP contribution in [0.1, 0.15) is 16.8 Å². The summed E-state index contributed by atoms with van der Waals surface area (Å²) in [4.78, 5) is 26.6. The van der Waals surface area contributed by atoms with Gasteiger partial charge < -0.3 is 29.0 Å². The van der Waals surface area contributed by atoms with Crippen LogP contribution >= 0.6 is 0 Å². The highest BCUT2D eigenvalue weighted by molar-refractivity contribution is 5.98. The molecule has 2 fully saturated rings. The number of amides is 1. The number of aliphatic carboxylic acids is 1. The largest absolute Gasteiger partial charge is 0.496 e. The Labute approximate surface area is 151 Å². The third-order valence-electron chi connectivity index (χ3n) is 5.36. The summed E-state index contributed by atoms with van der Waals surface area (Å²) in [7, 11) is 4.45. The van der Waals surface area contributed by atoms with Gasteiger partial charge in [0, 0.05) is 37.7 Å². The van der Waals surface area contributed by atoms with Crippen molar-refractivity contribution >= 4 is 11.9 Å². The monoisotopic (exact) mass is 365 g/mol. The van der Waals surface area contributed by atoms with Crippen LogP contribution in [0, 0.1) is 11.3 Å². The summed E-state index contributed by atoms with van der Waals surface area (Å²) in [6.45, 7) is 1.24. The number of carboxylic acid groups (broad SMARTS) is 1. The van der Waals surface area contributed by atoms with Gasteiger partial charge in [-0.2, -0.15) is 0 Å². The van der Waals surface area contributed by atoms with E-state index in [0.29, 0.717) is 49.0 Å². The van der Waals surface area contributed by atoms with Gasteiger partial charge in [0.1, 0.15) is 5.75 Å². The van der Waals surface area contributed by atoms with Crippen molar-refractivity contribution in [2.75, 3.05) is 47.6 Å². The minimum absolute atomic E-state index is 0.159. The molecule has 2 aliphatic rings. The first-order chi connectivity index (χ1) is 12.5. The Kier molecular flexibility index (Phi) is 4.95. The molecule has 3 rings (SSSR count). The van der Waals surface area contributed by atoms with Gasteiger partial charge in [-0.05, 0) is 6.42 Å². The number of likely N-dealkylation sites (tertiary alicyclic amines) is 1. The lowest BCUT2D eigenvalue weighted by Gasteiger charge is -2.33. The number of benzene rings is 1. The third kappa shape index (κ3) is 2.84. The predicted molar refractivity (Wildman–Crippen MR) is 91.0 cm³/mol. The third-order valence-corrected chi connectivity index (χ3v) is 5.36. The Balaban J connectivity index is 1.94. The predicted octanol–water partition coefficient (Wildman–Crippen LogP) is 1.28. The zero-order valence-corrected chi connectivity index (χ0v) is 15.1. The van der Waals surface area contributed by atoms with Crippen LogP contribution in [-0.4, -0.2) is 69.5 Å². The molecule has 2 atom stereocenters. The zero-order chi connectivity index (χ0) is 18.9. The van der Waals surface area contributed by atoms with Crippen molar-refractivity contribution < 1.29 is 33.6 Å². The van der Waals surface area contributed by atoms with E-state index < -0.39 is 11.4 Å². The number of fused-ring (bicyclic) bond motifs is 1. The molecule has 0 aromatic heterocycles. The number of carbonyl (C=O) groups excluding carboxylic acids is 1. The molecule has 0 aliphatic carbocycles. The summed E-state index contributed by atoms with van der Waals surface area (Å²) in [6, 6.07) is 3.15. The standard InChI is InChI=1S/C18H23NO7/c1-23-13-7-15(25-3)14(24-2)6-12(13)16(20)19-8-11-9-26-5-4-18(11,10-19)17(21)22/h6-7,11H,4-5,8-10H2,1-3H3,(H,21,22)/t11-,18+/m0/s1. The quantitative estimate of drug-likeness (QED) is 0.840. The number of carboxylic acids is 1. The molecule has 1 amide bonds. The van der Waals surface area contributed by atoms with Crippen LogP contribution in [0.25, 0.3) is 0 Å². The van der Waals surface area contributed by atoms with Crippen molar-refractivity contribution in [2.45, 2.75) is 6.42 Å². The minimum Gasteiger partial charge on any atom is -0.496 e. The van der Waals surface area contributed by atoms with Gasteiger partial charge in [-0.1, -0.05) is 0 Å². The molecule has 8 nitrogen and oxygen atoms in total. The highest BCUT2D eigenvalue weighted by Gasteiger charge is 2.55. The van der Waals surface area contributed by atoms with E-state index in [-0.39, 0.29) is 18.4 Å². The summed E-state index contributed by atoms with van der Waals surface area (Å²) < 4.78 is 21.3. The lowest BCUT2D eigenvalue weighted by atomic mass is 9.74. The first kappa shape index (κ1) is 18.3. The molecule has 1 aromatic rings. The van der Waals surface area contributed by atoms with E-state index in [9.17, 15) is 14.7 Å². The normalized spacial score (nSPS) is 24.7. The summed E-state index contributed by atoms with van der Waals surface area (Å²) in [6.07, 6.45) is 0.403. The second-order valence-electron chi connectivity index (χ2n) is 6.58. The number of hydrogen-bond acceptors (Lipinski definition) is 6. The summed E-state index contributed by atoms with van der Waals surface area (Å²) >= 11 is 0. The Morgan fingerprint density at radius 2 is 1.81 bits per heavy atom. The van der Waals surface area contributed by atoms with Gasteiger partial charge in [0.05, 0.1) is 38.9 Å². The van der Waals surface area contributed by atoms with Crippen LogP contribution in [-0.2, 0) is 9.53 Å². The van der Waals surface area contributed by atoms with E-state index >= 15 is 0 Å². The van der Waals surface area contributed by atoms with Crippen LogP contribution in [0.15, 0.2) is 12.1 Å². The van der Waals surface area contributed by atoms with E-state index in [1.54, 1.807) is 17.0 Å². The van der Waals surface area contributed by atoms with Crippen molar-refractivity contribution in [2.24, 2.45) is 11.3 Å². The van der Waals surface area contributed by atoms with E-state index in [1.165, 1.54) is 21.3 Å². The van der Waals surface area contributed by atoms with Gasteiger partial charge in [-0.25, -0.2) is 0 Å². The fourth-order valence-electron chi connectivity index (χ4n) is 3.82. The van der Waals surface area contributed by atoms with Crippen LogP contribution in [0.3, 0.4) is 0 Å². The summed E-state index contributed by atoms with van der Waals surface area (Å²) in [5.41, 5.74) is -0.636. The lowest BCUT2D eigenvalue weighted by Crippen LogP contribution is -2.45. The molecule has 2 heterocycles. The van der Waals surface area contributed by atoms with Gasteiger partial charge in [0.2, 0.25) is 0 Å². The average Bonchev–Trinajstić information content (AvgIpc) is 3.07. The van der Waals surface area contributed by atoms with Gasteiger partial charge in [-0.3, -0.25) is 9.59 Å². The summed E-state index contributed by atoms with van der Waals surface area (Å²) in [5, 5.41) is 9.77. The highest BCUT2D eigenvalue weighted by atomic mass is 16.5. The maximum Gasteiger partial charge on any atom is 0.311 e. The summed E-state index contributed by atoms with van der Waals surface area (Å²) in [5.74, 6) is -0.180. The number of methoxy groups -OCH3 is 3. The number of ether oxygens (including phenoxy) is 4. The first-order valence-corrected chi connectivity index (χ1v) is 8.37.